The fourth-order valence-electron chi connectivity index (χ4n) is 2.03. The van der Waals surface area contributed by atoms with E-state index < -0.39 is 0 Å². The van der Waals surface area contributed by atoms with E-state index in [1.807, 2.05) is 45.2 Å². The first-order valence-corrected chi connectivity index (χ1v) is 7.01. The SMILES string of the molecule is CCOc1cccc(Oc2ccc(F)cc2C(C)NC)c1. The summed E-state index contributed by atoms with van der Waals surface area (Å²) in [6.45, 7) is 4.49. The molecule has 112 valence electrons. The number of rotatable bonds is 6. The fraction of sp³-hybridized carbons (Fsp3) is 0.294. The van der Waals surface area contributed by atoms with Gasteiger partial charge in [-0.15, -0.1) is 0 Å². The first-order valence-electron chi connectivity index (χ1n) is 7.01. The van der Waals surface area contributed by atoms with Crippen LogP contribution in [-0.2, 0) is 0 Å². The minimum absolute atomic E-state index is 0.00854. The summed E-state index contributed by atoms with van der Waals surface area (Å²) in [7, 11) is 1.83. The predicted octanol–water partition coefficient (Wildman–Crippen LogP) is 4.30. The highest BCUT2D eigenvalue weighted by atomic mass is 19.1. The van der Waals surface area contributed by atoms with Gasteiger partial charge in [0.15, 0.2) is 0 Å². The number of nitrogens with one attached hydrogen (secondary N) is 1. The first kappa shape index (κ1) is 15.3. The van der Waals surface area contributed by atoms with Crippen molar-refractivity contribution in [3.05, 3.63) is 53.8 Å². The molecule has 0 aliphatic heterocycles. The zero-order valence-electron chi connectivity index (χ0n) is 12.5. The van der Waals surface area contributed by atoms with Crippen molar-refractivity contribution in [2.75, 3.05) is 13.7 Å². The predicted molar refractivity (Wildman–Crippen MR) is 81.6 cm³/mol. The molecule has 0 saturated heterocycles. The molecule has 0 fully saturated rings. The van der Waals surface area contributed by atoms with Gasteiger partial charge < -0.3 is 14.8 Å². The Balaban J connectivity index is 2.28. The molecule has 0 heterocycles. The molecule has 4 heteroatoms. The molecule has 0 aromatic heterocycles. The molecule has 21 heavy (non-hydrogen) atoms. The Hall–Kier alpha value is -2.07. The van der Waals surface area contributed by atoms with E-state index in [4.69, 9.17) is 9.47 Å². The van der Waals surface area contributed by atoms with Gasteiger partial charge in [0.25, 0.3) is 0 Å². The smallest absolute Gasteiger partial charge is 0.132 e. The molecule has 2 aromatic rings. The van der Waals surface area contributed by atoms with Gasteiger partial charge in [0, 0.05) is 17.7 Å². The minimum Gasteiger partial charge on any atom is -0.494 e. The third kappa shape index (κ3) is 3.95. The fourth-order valence-corrected chi connectivity index (χ4v) is 2.03. The highest BCUT2D eigenvalue weighted by molar-refractivity contribution is 5.42. The molecule has 1 N–H and O–H groups in total. The zero-order chi connectivity index (χ0) is 15.2. The first-order chi connectivity index (χ1) is 10.1. The monoisotopic (exact) mass is 289 g/mol. The standard InChI is InChI=1S/C17H20FNO2/c1-4-20-14-6-5-7-15(11-14)21-17-9-8-13(18)10-16(17)12(2)19-3/h5-12,19H,4H2,1-3H3. The minimum atomic E-state index is -0.275. The van der Waals surface area contributed by atoms with Crippen LogP contribution in [-0.4, -0.2) is 13.7 Å². The van der Waals surface area contributed by atoms with Crippen molar-refractivity contribution in [1.82, 2.24) is 5.32 Å². The van der Waals surface area contributed by atoms with Gasteiger partial charge in [0.05, 0.1) is 6.61 Å². The molecule has 0 amide bonds. The second kappa shape index (κ2) is 7.09. The molecule has 0 bridgehead atoms. The van der Waals surface area contributed by atoms with Gasteiger partial charge in [0.2, 0.25) is 0 Å². The zero-order valence-corrected chi connectivity index (χ0v) is 12.5. The van der Waals surface area contributed by atoms with Crippen LogP contribution >= 0.6 is 0 Å². The molecule has 1 atom stereocenters. The summed E-state index contributed by atoms with van der Waals surface area (Å²) in [6.07, 6.45) is 0. The third-order valence-electron chi connectivity index (χ3n) is 3.22. The molecule has 2 rings (SSSR count). The van der Waals surface area contributed by atoms with E-state index in [-0.39, 0.29) is 11.9 Å². The molecule has 0 saturated carbocycles. The van der Waals surface area contributed by atoms with Crippen LogP contribution in [0, 0.1) is 5.82 Å². The van der Waals surface area contributed by atoms with Gasteiger partial charge in [0.1, 0.15) is 23.1 Å². The largest absolute Gasteiger partial charge is 0.494 e. The molecule has 0 aliphatic rings. The number of hydrogen-bond acceptors (Lipinski definition) is 3. The van der Waals surface area contributed by atoms with E-state index >= 15 is 0 Å². The Labute approximate surface area is 124 Å². The second-order valence-corrected chi connectivity index (χ2v) is 4.70. The lowest BCUT2D eigenvalue weighted by Gasteiger charge is -2.16. The maximum Gasteiger partial charge on any atom is 0.132 e. The molecular weight excluding hydrogens is 269 g/mol. The van der Waals surface area contributed by atoms with E-state index in [9.17, 15) is 4.39 Å². The average molecular weight is 289 g/mol. The van der Waals surface area contributed by atoms with Crippen molar-refractivity contribution in [2.45, 2.75) is 19.9 Å². The highest BCUT2D eigenvalue weighted by Gasteiger charge is 2.12. The van der Waals surface area contributed by atoms with E-state index in [0.29, 0.717) is 18.1 Å². The van der Waals surface area contributed by atoms with Crippen LogP contribution in [0.1, 0.15) is 25.5 Å². The van der Waals surface area contributed by atoms with Gasteiger partial charge in [-0.25, -0.2) is 4.39 Å². The van der Waals surface area contributed by atoms with E-state index in [1.54, 1.807) is 6.07 Å². The number of benzene rings is 2. The van der Waals surface area contributed by atoms with Gasteiger partial charge >= 0.3 is 0 Å². The molecular formula is C17H20FNO2. The Kier molecular flexibility index (Phi) is 5.17. The van der Waals surface area contributed by atoms with E-state index in [2.05, 4.69) is 5.32 Å². The quantitative estimate of drug-likeness (QED) is 0.860. The molecule has 0 aliphatic carbocycles. The van der Waals surface area contributed by atoms with E-state index in [1.165, 1.54) is 12.1 Å². The molecule has 0 radical (unpaired) electrons. The Morgan fingerprint density at radius 2 is 1.90 bits per heavy atom. The lowest BCUT2D eigenvalue weighted by atomic mass is 10.1. The average Bonchev–Trinajstić information content (AvgIpc) is 2.49. The summed E-state index contributed by atoms with van der Waals surface area (Å²) in [5.41, 5.74) is 0.777. The van der Waals surface area contributed by atoms with Crippen molar-refractivity contribution < 1.29 is 13.9 Å². The van der Waals surface area contributed by atoms with Crippen molar-refractivity contribution in [1.29, 1.82) is 0 Å². The normalized spacial score (nSPS) is 12.0. The molecule has 0 spiro atoms. The Morgan fingerprint density at radius 1 is 1.14 bits per heavy atom. The van der Waals surface area contributed by atoms with Crippen LogP contribution in [0.5, 0.6) is 17.2 Å². The molecule has 3 nitrogen and oxygen atoms in total. The van der Waals surface area contributed by atoms with Crippen molar-refractivity contribution in [2.24, 2.45) is 0 Å². The van der Waals surface area contributed by atoms with Crippen molar-refractivity contribution in [3.63, 3.8) is 0 Å². The van der Waals surface area contributed by atoms with Crippen molar-refractivity contribution >= 4 is 0 Å². The summed E-state index contributed by atoms with van der Waals surface area (Å²) in [6, 6.07) is 11.9. The van der Waals surface area contributed by atoms with Gasteiger partial charge in [-0.3, -0.25) is 0 Å². The lowest BCUT2D eigenvalue weighted by molar-refractivity contribution is 0.338. The van der Waals surface area contributed by atoms with Crippen LogP contribution in [0.15, 0.2) is 42.5 Å². The maximum atomic E-state index is 13.4. The van der Waals surface area contributed by atoms with Crippen LogP contribution in [0.3, 0.4) is 0 Å². The van der Waals surface area contributed by atoms with Crippen LogP contribution in [0.25, 0.3) is 0 Å². The van der Waals surface area contributed by atoms with Crippen molar-refractivity contribution in [3.8, 4) is 17.2 Å². The third-order valence-corrected chi connectivity index (χ3v) is 3.22. The summed E-state index contributed by atoms with van der Waals surface area (Å²) in [5, 5.41) is 3.09. The second-order valence-electron chi connectivity index (χ2n) is 4.70. The molecule has 2 aromatic carbocycles. The Bertz CT molecular complexity index is 601. The van der Waals surface area contributed by atoms with Gasteiger partial charge in [-0.2, -0.15) is 0 Å². The topological polar surface area (TPSA) is 30.5 Å². The Morgan fingerprint density at radius 3 is 2.62 bits per heavy atom. The summed E-state index contributed by atoms with van der Waals surface area (Å²) in [5.74, 6) is 1.77. The molecule has 1 unspecified atom stereocenters. The summed E-state index contributed by atoms with van der Waals surface area (Å²) >= 11 is 0. The summed E-state index contributed by atoms with van der Waals surface area (Å²) in [4.78, 5) is 0. The highest BCUT2D eigenvalue weighted by Crippen LogP contribution is 2.31. The maximum absolute atomic E-state index is 13.4. The number of halogens is 1. The van der Waals surface area contributed by atoms with Gasteiger partial charge in [-0.05, 0) is 51.2 Å². The number of hydrogen-bond donors (Lipinski definition) is 1. The summed E-state index contributed by atoms with van der Waals surface area (Å²) < 4.78 is 24.8. The van der Waals surface area contributed by atoms with Crippen LogP contribution in [0.2, 0.25) is 0 Å². The lowest BCUT2D eigenvalue weighted by Crippen LogP contribution is -2.13. The van der Waals surface area contributed by atoms with E-state index in [0.717, 1.165) is 11.3 Å². The van der Waals surface area contributed by atoms with Crippen LogP contribution in [0.4, 0.5) is 4.39 Å². The van der Waals surface area contributed by atoms with Gasteiger partial charge in [-0.1, -0.05) is 6.07 Å². The van der Waals surface area contributed by atoms with Crippen LogP contribution < -0.4 is 14.8 Å². The number of ether oxygens (including phenoxy) is 2.